The smallest absolute Gasteiger partial charge is 0.310 e. The van der Waals surface area contributed by atoms with Crippen LogP contribution in [0.1, 0.15) is 26.3 Å². The third-order valence-corrected chi connectivity index (χ3v) is 4.80. The highest BCUT2D eigenvalue weighted by molar-refractivity contribution is 6.30. The highest BCUT2D eigenvalue weighted by Crippen LogP contribution is 2.32. The monoisotopic (exact) mass is 434 g/mol. The van der Waals surface area contributed by atoms with Gasteiger partial charge >= 0.3 is 5.97 Å². The van der Waals surface area contributed by atoms with Crippen molar-refractivity contribution < 1.29 is 18.7 Å². The largest absolute Gasteiger partial charge is 0.460 e. The standard InChI is InChI=1S/C26H23ClO4/c1-26(2,3)31-25(28)14-17-4-6-18(7-5-17)24-16-19-15-22(12-13-23(19)30-24)29-21-10-8-20(27)9-11-21/h4-13,15-16H,14H2,1-3H3. The summed E-state index contributed by atoms with van der Waals surface area (Å²) in [5.41, 5.74) is 2.12. The molecule has 158 valence electrons. The van der Waals surface area contributed by atoms with Crippen molar-refractivity contribution in [3.8, 4) is 22.8 Å². The van der Waals surface area contributed by atoms with E-state index >= 15 is 0 Å². The summed E-state index contributed by atoms with van der Waals surface area (Å²) in [4.78, 5) is 12.0. The lowest BCUT2D eigenvalue weighted by atomic mass is 10.1. The molecule has 0 bridgehead atoms. The number of furan rings is 1. The molecular formula is C26H23ClO4. The number of rotatable bonds is 5. The molecular weight excluding hydrogens is 412 g/mol. The zero-order chi connectivity index (χ0) is 22.0. The maximum absolute atomic E-state index is 12.0. The second kappa shape index (κ2) is 8.48. The van der Waals surface area contributed by atoms with Crippen LogP contribution in [0.25, 0.3) is 22.3 Å². The van der Waals surface area contributed by atoms with Crippen molar-refractivity contribution in [2.24, 2.45) is 0 Å². The second-order valence-corrected chi connectivity index (χ2v) is 8.76. The van der Waals surface area contributed by atoms with Gasteiger partial charge in [-0.05, 0) is 74.9 Å². The van der Waals surface area contributed by atoms with E-state index in [1.807, 2.05) is 81.4 Å². The number of hydrogen-bond donors (Lipinski definition) is 0. The number of carbonyl (C=O) groups is 1. The molecule has 1 heterocycles. The minimum Gasteiger partial charge on any atom is -0.460 e. The average Bonchev–Trinajstić information content (AvgIpc) is 3.12. The first-order valence-electron chi connectivity index (χ1n) is 10.0. The van der Waals surface area contributed by atoms with Crippen LogP contribution in [0, 0.1) is 0 Å². The highest BCUT2D eigenvalue weighted by Gasteiger charge is 2.16. The number of esters is 1. The van der Waals surface area contributed by atoms with Gasteiger partial charge < -0.3 is 13.9 Å². The van der Waals surface area contributed by atoms with Crippen molar-refractivity contribution in [3.63, 3.8) is 0 Å². The maximum atomic E-state index is 12.0. The van der Waals surface area contributed by atoms with E-state index in [0.29, 0.717) is 10.8 Å². The molecule has 0 aliphatic heterocycles. The van der Waals surface area contributed by atoms with Crippen LogP contribution < -0.4 is 4.74 Å². The SMILES string of the molecule is CC(C)(C)OC(=O)Cc1ccc(-c2cc3cc(Oc4ccc(Cl)cc4)ccc3o2)cc1. The van der Waals surface area contributed by atoms with E-state index in [-0.39, 0.29) is 12.4 Å². The molecule has 0 fully saturated rings. The van der Waals surface area contributed by atoms with Crippen LogP contribution in [0.2, 0.25) is 5.02 Å². The van der Waals surface area contributed by atoms with Crippen LogP contribution in [0.4, 0.5) is 0 Å². The lowest BCUT2D eigenvalue weighted by Gasteiger charge is -2.19. The summed E-state index contributed by atoms with van der Waals surface area (Å²) in [5.74, 6) is 1.95. The normalized spacial score (nSPS) is 11.5. The van der Waals surface area contributed by atoms with Gasteiger partial charge in [0, 0.05) is 16.0 Å². The van der Waals surface area contributed by atoms with Gasteiger partial charge in [0.15, 0.2) is 0 Å². The van der Waals surface area contributed by atoms with Crippen LogP contribution in [-0.4, -0.2) is 11.6 Å². The van der Waals surface area contributed by atoms with Crippen molar-refractivity contribution >= 4 is 28.5 Å². The van der Waals surface area contributed by atoms with E-state index in [1.54, 1.807) is 12.1 Å². The molecule has 0 aliphatic rings. The molecule has 5 heteroatoms. The Bertz CT molecular complexity index is 1200. The second-order valence-electron chi connectivity index (χ2n) is 8.33. The van der Waals surface area contributed by atoms with E-state index in [2.05, 4.69) is 0 Å². The van der Waals surface area contributed by atoms with E-state index in [1.165, 1.54) is 0 Å². The first-order chi connectivity index (χ1) is 14.7. The lowest BCUT2D eigenvalue weighted by molar-refractivity contribution is -0.153. The summed E-state index contributed by atoms with van der Waals surface area (Å²) in [5, 5.41) is 1.61. The van der Waals surface area contributed by atoms with E-state index in [0.717, 1.165) is 33.6 Å². The summed E-state index contributed by atoms with van der Waals surface area (Å²) in [7, 11) is 0. The Labute approximate surface area is 186 Å². The lowest BCUT2D eigenvalue weighted by Crippen LogP contribution is -2.24. The molecule has 0 radical (unpaired) electrons. The number of halogens is 1. The molecule has 0 saturated carbocycles. The molecule has 0 unspecified atom stereocenters. The maximum Gasteiger partial charge on any atom is 0.310 e. The van der Waals surface area contributed by atoms with E-state index < -0.39 is 5.60 Å². The molecule has 0 saturated heterocycles. The molecule has 4 nitrogen and oxygen atoms in total. The van der Waals surface area contributed by atoms with Crippen molar-refractivity contribution in [3.05, 3.63) is 83.4 Å². The first-order valence-corrected chi connectivity index (χ1v) is 10.4. The van der Waals surface area contributed by atoms with Crippen molar-refractivity contribution in [2.45, 2.75) is 32.8 Å². The molecule has 3 aromatic carbocycles. The predicted octanol–water partition coefficient (Wildman–Crippen LogP) is 7.43. The average molecular weight is 435 g/mol. The van der Waals surface area contributed by atoms with Gasteiger partial charge in [0.25, 0.3) is 0 Å². The number of fused-ring (bicyclic) bond motifs is 1. The number of ether oxygens (including phenoxy) is 2. The fourth-order valence-electron chi connectivity index (χ4n) is 3.20. The number of hydrogen-bond acceptors (Lipinski definition) is 4. The summed E-state index contributed by atoms with van der Waals surface area (Å²) >= 11 is 5.92. The zero-order valence-corrected chi connectivity index (χ0v) is 18.4. The van der Waals surface area contributed by atoms with Crippen molar-refractivity contribution in [2.75, 3.05) is 0 Å². The van der Waals surface area contributed by atoms with E-state index in [9.17, 15) is 4.79 Å². The van der Waals surface area contributed by atoms with Gasteiger partial charge in [0.05, 0.1) is 6.42 Å². The van der Waals surface area contributed by atoms with Gasteiger partial charge in [0.2, 0.25) is 0 Å². The summed E-state index contributed by atoms with van der Waals surface area (Å²) in [6, 6.07) is 22.6. The Morgan fingerprint density at radius 3 is 2.26 bits per heavy atom. The van der Waals surface area contributed by atoms with Crippen LogP contribution in [0.15, 0.2) is 77.2 Å². The topological polar surface area (TPSA) is 48.7 Å². The Kier molecular flexibility index (Phi) is 5.75. The third kappa shape index (κ3) is 5.47. The van der Waals surface area contributed by atoms with Crippen LogP contribution >= 0.6 is 11.6 Å². The van der Waals surface area contributed by atoms with Crippen molar-refractivity contribution in [1.82, 2.24) is 0 Å². The summed E-state index contributed by atoms with van der Waals surface area (Å²) in [6.07, 6.45) is 0.239. The highest BCUT2D eigenvalue weighted by atomic mass is 35.5. The third-order valence-electron chi connectivity index (χ3n) is 4.54. The minimum absolute atomic E-state index is 0.239. The molecule has 4 aromatic rings. The summed E-state index contributed by atoms with van der Waals surface area (Å²) < 4.78 is 17.3. The quantitative estimate of drug-likeness (QED) is 0.306. The minimum atomic E-state index is -0.485. The van der Waals surface area contributed by atoms with Crippen LogP contribution in [0.3, 0.4) is 0 Å². The van der Waals surface area contributed by atoms with Gasteiger partial charge in [-0.15, -0.1) is 0 Å². The summed E-state index contributed by atoms with van der Waals surface area (Å²) in [6.45, 7) is 5.59. The van der Waals surface area contributed by atoms with Gasteiger partial charge in [-0.3, -0.25) is 4.79 Å². The molecule has 4 rings (SSSR count). The molecule has 0 N–H and O–H groups in total. The fraction of sp³-hybridized carbons (Fsp3) is 0.192. The van der Waals surface area contributed by atoms with Gasteiger partial charge in [0.1, 0.15) is 28.4 Å². The Hall–Kier alpha value is -3.24. The predicted molar refractivity (Wildman–Crippen MR) is 123 cm³/mol. The Morgan fingerprint density at radius 1 is 0.903 bits per heavy atom. The Balaban J connectivity index is 1.49. The molecule has 0 atom stereocenters. The molecule has 0 amide bonds. The molecule has 0 spiro atoms. The number of carbonyl (C=O) groups excluding carboxylic acids is 1. The van der Waals surface area contributed by atoms with Crippen molar-refractivity contribution in [1.29, 1.82) is 0 Å². The van der Waals surface area contributed by atoms with Crippen LogP contribution in [0.5, 0.6) is 11.5 Å². The van der Waals surface area contributed by atoms with Gasteiger partial charge in [-0.1, -0.05) is 35.9 Å². The van der Waals surface area contributed by atoms with Crippen LogP contribution in [-0.2, 0) is 16.0 Å². The van der Waals surface area contributed by atoms with Gasteiger partial charge in [-0.25, -0.2) is 0 Å². The molecule has 1 aromatic heterocycles. The van der Waals surface area contributed by atoms with E-state index in [4.69, 9.17) is 25.5 Å². The molecule has 31 heavy (non-hydrogen) atoms. The molecule has 0 aliphatic carbocycles. The van der Waals surface area contributed by atoms with Gasteiger partial charge in [-0.2, -0.15) is 0 Å². The Morgan fingerprint density at radius 2 is 1.58 bits per heavy atom. The fourth-order valence-corrected chi connectivity index (χ4v) is 3.32. The first kappa shape index (κ1) is 21.0. The zero-order valence-electron chi connectivity index (χ0n) is 17.6. The number of benzene rings is 3.